The van der Waals surface area contributed by atoms with E-state index in [9.17, 15) is 4.79 Å². The van der Waals surface area contributed by atoms with Gasteiger partial charge in [0.25, 0.3) is 5.91 Å². The molecular formula is C15H19BrCl2N2O. The van der Waals surface area contributed by atoms with Crippen LogP contribution in [0.4, 0.5) is 0 Å². The second kappa shape index (κ2) is 6.86. The van der Waals surface area contributed by atoms with Crippen LogP contribution in [0.5, 0.6) is 0 Å². The Balaban J connectivity index is 0.00000161. The van der Waals surface area contributed by atoms with Gasteiger partial charge < -0.3 is 10.2 Å². The molecule has 3 rings (SSSR count). The molecule has 0 atom stereocenters. The van der Waals surface area contributed by atoms with E-state index in [1.165, 1.54) is 6.42 Å². The highest BCUT2D eigenvalue weighted by Crippen LogP contribution is 2.37. The Morgan fingerprint density at radius 1 is 1.29 bits per heavy atom. The van der Waals surface area contributed by atoms with Crippen LogP contribution >= 0.6 is 39.9 Å². The summed E-state index contributed by atoms with van der Waals surface area (Å²) in [4.78, 5) is 14.6. The predicted octanol–water partition coefficient (Wildman–Crippen LogP) is 3.74. The molecular weight excluding hydrogens is 375 g/mol. The normalized spacial score (nSPS) is 20.4. The van der Waals surface area contributed by atoms with E-state index in [4.69, 9.17) is 11.6 Å². The van der Waals surface area contributed by atoms with E-state index in [0.29, 0.717) is 16.0 Å². The number of piperidine rings is 1. The Kier molecular flexibility index (Phi) is 5.58. The first kappa shape index (κ1) is 17.1. The summed E-state index contributed by atoms with van der Waals surface area (Å²) in [5, 5.41) is 4.05. The fourth-order valence-corrected chi connectivity index (χ4v) is 3.83. The highest BCUT2D eigenvalue weighted by molar-refractivity contribution is 9.10. The molecule has 1 aromatic rings. The second-order valence-corrected chi connectivity index (χ2v) is 7.13. The van der Waals surface area contributed by atoms with Crippen molar-refractivity contribution in [3.8, 4) is 0 Å². The van der Waals surface area contributed by atoms with Gasteiger partial charge in [-0.3, -0.25) is 4.79 Å². The van der Waals surface area contributed by atoms with Crippen molar-refractivity contribution in [1.82, 2.24) is 10.2 Å². The molecule has 2 aliphatic heterocycles. The third-order valence-corrected chi connectivity index (χ3v) is 5.53. The van der Waals surface area contributed by atoms with Crippen molar-refractivity contribution in [3.05, 3.63) is 33.3 Å². The van der Waals surface area contributed by atoms with Gasteiger partial charge in [-0.1, -0.05) is 11.6 Å². The van der Waals surface area contributed by atoms with Crippen LogP contribution in [0.2, 0.25) is 5.02 Å². The number of carbonyl (C=O) groups excluding carboxylic acids is 1. The van der Waals surface area contributed by atoms with Crippen LogP contribution in [0.15, 0.2) is 22.7 Å². The van der Waals surface area contributed by atoms with Crippen molar-refractivity contribution in [3.63, 3.8) is 0 Å². The van der Waals surface area contributed by atoms with E-state index >= 15 is 0 Å². The third kappa shape index (κ3) is 3.55. The summed E-state index contributed by atoms with van der Waals surface area (Å²) in [6.07, 6.45) is 3.45. The van der Waals surface area contributed by atoms with Gasteiger partial charge in [0.05, 0.1) is 5.56 Å². The zero-order valence-electron chi connectivity index (χ0n) is 11.7. The molecule has 0 radical (unpaired) electrons. The Hall–Kier alpha value is -0.290. The molecule has 2 fully saturated rings. The minimum absolute atomic E-state index is 0. The molecule has 0 unspecified atom stereocenters. The van der Waals surface area contributed by atoms with E-state index in [1.54, 1.807) is 12.1 Å². The smallest absolute Gasteiger partial charge is 0.255 e. The number of rotatable bonds is 1. The highest BCUT2D eigenvalue weighted by atomic mass is 79.9. The Morgan fingerprint density at radius 3 is 2.62 bits per heavy atom. The number of hydrogen-bond acceptors (Lipinski definition) is 2. The van der Waals surface area contributed by atoms with E-state index in [-0.39, 0.29) is 18.3 Å². The van der Waals surface area contributed by atoms with Crippen LogP contribution in [0.3, 0.4) is 0 Å². The molecule has 6 heteroatoms. The summed E-state index contributed by atoms with van der Waals surface area (Å²) in [5.41, 5.74) is 1.10. The monoisotopic (exact) mass is 392 g/mol. The molecule has 3 nitrogen and oxygen atoms in total. The maximum atomic E-state index is 12.6. The summed E-state index contributed by atoms with van der Waals surface area (Å²) in [6.45, 7) is 3.92. The lowest BCUT2D eigenvalue weighted by atomic mass is 9.78. The van der Waals surface area contributed by atoms with Crippen molar-refractivity contribution >= 4 is 45.8 Å². The number of benzene rings is 1. The summed E-state index contributed by atoms with van der Waals surface area (Å²) in [5.74, 6) is 0.0835. The highest BCUT2D eigenvalue weighted by Gasteiger charge is 2.38. The van der Waals surface area contributed by atoms with Gasteiger partial charge in [0, 0.05) is 29.1 Å². The fourth-order valence-electron chi connectivity index (χ4n) is 3.24. The molecule has 0 aromatic heterocycles. The lowest BCUT2D eigenvalue weighted by Gasteiger charge is -2.39. The summed E-state index contributed by atoms with van der Waals surface area (Å²) < 4.78 is 0.815. The average molecular weight is 394 g/mol. The molecule has 2 aliphatic rings. The number of nitrogens with one attached hydrogen (secondary N) is 1. The molecule has 1 N–H and O–H groups in total. The van der Waals surface area contributed by atoms with Gasteiger partial charge in [0.15, 0.2) is 0 Å². The van der Waals surface area contributed by atoms with Crippen LogP contribution < -0.4 is 5.32 Å². The van der Waals surface area contributed by atoms with Gasteiger partial charge in [-0.25, -0.2) is 0 Å². The first-order chi connectivity index (χ1) is 9.60. The lowest BCUT2D eigenvalue weighted by Crippen LogP contribution is -2.44. The first-order valence-corrected chi connectivity index (χ1v) is 8.22. The zero-order valence-corrected chi connectivity index (χ0v) is 14.9. The number of nitrogens with zero attached hydrogens (tertiary/aromatic N) is 1. The number of amides is 1. The number of carbonyl (C=O) groups is 1. The predicted molar refractivity (Wildman–Crippen MR) is 91.5 cm³/mol. The van der Waals surface area contributed by atoms with E-state index < -0.39 is 0 Å². The van der Waals surface area contributed by atoms with Crippen molar-refractivity contribution in [2.75, 3.05) is 26.2 Å². The Labute approximate surface area is 144 Å². The van der Waals surface area contributed by atoms with Crippen LogP contribution in [0.1, 0.15) is 29.6 Å². The number of hydrogen-bond donors (Lipinski definition) is 1. The molecule has 0 bridgehead atoms. The molecule has 2 saturated heterocycles. The molecule has 0 aliphatic carbocycles. The Bertz CT molecular complexity index is 522. The van der Waals surface area contributed by atoms with Crippen LogP contribution in [-0.2, 0) is 0 Å². The first-order valence-electron chi connectivity index (χ1n) is 7.05. The molecule has 1 spiro atoms. The zero-order chi connectivity index (χ0) is 14.2. The van der Waals surface area contributed by atoms with Gasteiger partial charge in [-0.2, -0.15) is 0 Å². The van der Waals surface area contributed by atoms with Gasteiger partial charge in [-0.15, -0.1) is 12.4 Å². The third-order valence-electron chi connectivity index (χ3n) is 4.60. The lowest BCUT2D eigenvalue weighted by molar-refractivity contribution is 0.0607. The molecule has 21 heavy (non-hydrogen) atoms. The Morgan fingerprint density at radius 2 is 2.00 bits per heavy atom. The van der Waals surface area contributed by atoms with E-state index in [1.807, 2.05) is 11.0 Å². The summed E-state index contributed by atoms with van der Waals surface area (Å²) >= 11 is 9.44. The van der Waals surface area contributed by atoms with Crippen molar-refractivity contribution in [2.24, 2.45) is 5.41 Å². The summed E-state index contributed by atoms with van der Waals surface area (Å²) in [6, 6.07) is 5.37. The molecule has 2 heterocycles. The average Bonchev–Trinajstić information content (AvgIpc) is 2.90. The fraction of sp³-hybridized carbons (Fsp3) is 0.533. The topological polar surface area (TPSA) is 32.3 Å². The van der Waals surface area contributed by atoms with Gasteiger partial charge in [-0.05, 0) is 65.4 Å². The van der Waals surface area contributed by atoms with Gasteiger partial charge in [0.1, 0.15) is 0 Å². The largest absolute Gasteiger partial charge is 0.339 e. The van der Waals surface area contributed by atoms with Gasteiger partial charge >= 0.3 is 0 Å². The van der Waals surface area contributed by atoms with Crippen molar-refractivity contribution < 1.29 is 4.79 Å². The second-order valence-electron chi connectivity index (χ2n) is 5.84. The van der Waals surface area contributed by atoms with Crippen molar-refractivity contribution in [1.29, 1.82) is 0 Å². The summed E-state index contributed by atoms with van der Waals surface area (Å²) in [7, 11) is 0. The quantitative estimate of drug-likeness (QED) is 0.788. The minimum atomic E-state index is 0. The number of likely N-dealkylation sites (tertiary alicyclic amines) is 1. The standard InChI is InChI=1S/C15H18BrClN2O.ClH/c16-13-2-1-11(17)9-12(13)14(20)19-7-4-15(5-8-19)3-6-18-10-15;/h1-2,9,18H,3-8,10H2;1H. The van der Waals surface area contributed by atoms with Crippen molar-refractivity contribution in [2.45, 2.75) is 19.3 Å². The van der Waals surface area contributed by atoms with Crippen LogP contribution in [0.25, 0.3) is 0 Å². The molecule has 1 aromatic carbocycles. The minimum Gasteiger partial charge on any atom is -0.339 e. The van der Waals surface area contributed by atoms with E-state index in [2.05, 4.69) is 21.2 Å². The van der Waals surface area contributed by atoms with Crippen LogP contribution in [0, 0.1) is 5.41 Å². The van der Waals surface area contributed by atoms with Gasteiger partial charge in [0.2, 0.25) is 0 Å². The van der Waals surface area contributed by atoms with Crippen LogP contribution in [-0.4, -0.2) is 37.0 Å². The molecule has 0 saturated carbocycles. The maximum absolute atomic E-state index is 12.6. The SMILES string of the molecule is Cl.O=C(c1cc(Cl)ccc1Br)N1CCC2(CCNC2)CC1. The van der Waals surface area contributed by atoms with E-state index in [0.717, 1.165) is 43.5 Å². The molecule has 1 amide bonds. The number of halogens is 3. The molecule has 116 valence electrons. The maximum Gasteiger partial charge on any atom is 0.255 e.